The van der Waals surface area contributed by atoms with Crippen molar-refractivity contribution >= 4 is 21.8 Å². The maximum atomic E-state index is 6.66. The van der Waals surface area contributed by atoms with E-state index < -0.39 is 0 Å². The first kappa shape index (κ1) is 35.4. The van der Waals surface area contributed by atoms with Crippen LogP contribution in [-0.2, 0) is 32.9 Å². The second kappa shape index (κ2) is 13.3. The van der Waals surface area contributed by atoms with Gasteiger partial charge in [-0.3, -0.25) is 4.68 Å². The molecule has 0 unspecified atom stereocenters. The topological polar surface area (TPSA) is 44.9 Å². The van der Waals surface area contributed by atoms with E-state index in [9.17, 15) is 0 Å². The fourth-order valence-corrected chi connectivity index (χ4v) is 6.78. The number of ether oxygens (including phenoxy) is 1. The zero-order valence-electron chi connectivity index (χ0n) is 30.4. The van der Waals surface area contributed by atoms with Crippen LogP contribution in [0.5, 0.6) is 11.5 Å². The third kappa shape index (κ3) is 6.94. The number of nitrogens with zero attached hydrogens (tertiary/aromatic N) is 4. The molecule has 0 aliphatic heterocycles. The van der Waals surface area contributed by atoms with Gasteiger partial charge in [-0.2, -0.15) is 11.2 Å². The first-order chi connectivity index (χ1) is 23.2. The van der Waals surface area contributed by atoms with Gasteiger partial charge in [-0.05, 0) is 84.0 Å². The molecule has 3 heterocycles. The second-order valence-electron chi connectivity index (χ2n) is 15.5. The number of pyridine rings is 1. The van der Waals surface area contributed by atoms with E-state index >= 15 is 0 Å². The zero-order valence-corrected chi connectivity index (χ0v) is 32.7. The van der Waals surface area contributed by atoms with Gasteiger partial charge in [-0.25, -0.2) is 4.98 Å². The van der Waals surface area contributed by atoms with Crippen molar-refractivity contribution in [1.29, 1.82) is 0 Å². The first-order valence-corrected chi connectivity index (χ1v) is 17.1. The molecule has 0 aliphatic rings. The Balaban J connectivity index is 0.00000432. The van der Waals surface area contributed by atoms with Crippen LogP contribution in [0.25, 0.3) is 44.4 Å². The number of benzene rings is 4. The molecule has 6 heteroatoms. The minimum Gasteiger partial charge on any atom is -0.509 e. The molecule has 5 nitrogen and oxygen atoms in total. The number of fused-ring (bicyclic) bond motifs is 3. The Morgan fingerprint density at radius 1 is 0.760 bits per heavy atom. The predicted molar refractivity (Wildman–Crippen MR) is 201 cm³/mol. The molecule has 7 aromatic rings. The van der Waals surface area contributed by atoms with E-state index in [0.29, 0.717) is 11.5 Å². The largest absolute Gasteiger partial charge is 2.00 e. The van der Waals surface area contributed by atoms with Gasteiger partial charge in [-0.1, -0.05) is 89.5 Å². The van der Waals surface area contributed by atoms with E-state index in [0.717, 1.165) is 68.0 Å². The zero-order chi connectivity index (χ0) is 34.7. The van der Waals surface area contributed by atoms with Crippen LogP contribution in [-0.4, -0.2) is 19.3 Å². The predicted octanol–water partition coefficient (Wildman–Crippen LogP) is 11.2. The summed E-state index contributed by atoms with van der Waals surface area (Å²) < 4.78 is 10.9. The van der Waals surface area contributed by atoms with Crippen molar-refractivity contribution < 1.29 is 25.8 Å². The van der Waals surface area contributed by atoms with E-state index in [-0.39, 0.29) is 31.9 Å². The normalized spacial score (nSPS) is 12.0. The maximum Gasteiger partial charge on any atom is 2.00 e. The fraction of sp³-hybridized carbons (Fsp3) is 0.273. The van der Waals surface area contributed by atoms with Crippen molar-refractivity contribution in [3.8, 4) is 34.1 Å². The van der Waals surface area contributed by atoms with Crippen LogP contribution >= 0.6 is 0 Å². The molecule has 0 fully saturated rings. The molecule has 0 radical (unpaired) electrons. The molecule has 0 N–H and O–H groups in total. The minimum atomic E-state index is -0.123. The van der Waals surface area contributed by atoms with Crippen molar-refractivity contribution in [2.75, 3.05) is 0 Å². The number of aromatic nitrogens is 4. The summed E-state index contributed by atoms with van der Waals surface area (Å²) >= 11 is 0. The average Bonchev–Trinajstić information content (AvgIpc) is 3.52. The summed E-state index contributed by atoms with van der Waals surface area (Å²) in [4.78, 5) is 4.79. The standard InChI is InChI=1S/C44H44N4O.Pt/c1-28-19-20-45-41(21-28)47-39-18-15-31(27-43(4,5)6)22-38(39)37-17-16-35(26-40(37)47)49-36-24-33(44(7,8)9)23-34(25-36)48-30(3)42(29(2)46-48)32-13-11-10-12-14-32;/h10-24H,27H2,1-9H3;/q-2;+2. The summed E-state index contributed by atoms with van der Waals surface area (Å²) in [5, 5.41) is 7.29. The van der Waals surface area contributed by atoms with Crippen LogP contribution in [0, 0.1) is 38.3 Å². The van der Waals surface area contributed by atoms with Crippen molar-refractivity contribution in [2.45, 2.75) is 74.1 Å². The summed E-state index contributed by atoms with van der Waals surface area (Å²) in [5.41, 5.74) is 10.9. The van der Waals surface area contributed by atoms with Gasteiger partial charge in [-0.15, -0.1) is 41.3 Å². The molecular weight excluding hydrogens is 796 g/mol. The van der Waals surface area contributed by atoms with Crippen molar-refractivity contribution in [3.63, 3.8) is 0 Å². The van der Waals surface area contributed by atoms with Crippen LogP contribution in [0.4, 0.5) is 0 Å². The van der Waals surface area contributed by atoms with Crippen molar-refractivity contribution in [1.82, 2.24) is 19.3 Å². The van der Waals surface area contributed by atoms with Crippen molar-refractivity contribution in [2.24, 2.45) is 5.41 Å². The molecule has 4 aromatic carbocycles. The molecule has 256 valence electrons. The number of hydrogen-bond donors (Lipinski definition) is 0. The first-order valence-electron chi connectivity index (χ1n) is 17.1. The molecule has 0 atom stereocenters. The third-order valence-electron chi connectivity index (χ3n) is 9.08. The van der Waals surface area contributed by atoms with Gasteiger partial charge in [0.2, 0.25) is 0 Å². The Hall–Kier alpha value is -4.47. The van der Waals surface area contributed by atoms with Gasteiger partial charge in [0.15, 0.2) is 0 Å². The SMILES string of the molecule is Cc1ccnc(-n2c3[c-]c(Oc4[c-]c(-n5nc(C)c(-c6ccccc6)c5C)cc(C(C)(C)C)c4)ccc3c3cc(CC(C)(C)C)ccc32)c1.[Pt+2]. The number of rotatable bonds is 6. The van der Waals surface area contributed by atoms with Crippen LogP contribution in [0.15, 0.2) is 91.1 Å². The summed E-state index contributed by atoms with van der Waals surface area (Å²) in [6.07, 6.45) is 2.86. The van der Waals surface area contributed by atoms with Crippen LogP contribution in [0.2, 0.25) is 0 Å². The number of aryl methyl sites for hydroxylation is 2. The summed E-state index contributed by atoms with van der Waals surface area (Å²) in [6, 6.07) is 37.0. The van der Waals surface area contributed by atoms with Gasteiger partial charge in [0.25, 0.3) is 0 Å². The molecule has 3 aromatic heterocycles. The van der Waals surface area contributed by atoms with Crippen LogP contribution < -0.4 is 4.74 Å². The average molecular weight is 840 g/mol. The van der Waals surface area contributed by atoms with Gasteiger partial charge in [0.05, 0.1) is 5.69 Å². The van der Waals surface area contributed by atoms with Gasteiger partial charge in [0.1, 0.15) is 5.82 Å². The molecule has 0 saturated heterocycles. The molecular formula is C44H44N4OPt. The van der Waals surface area contributed by atoms with Crippen molar-refractivity contribution in [3.05, 3.63) is 131 Å². The van der Waals surface area contributed by atoms with E-state index in [1.54, 1.807) is 0 Å². The van der Waals surface area contributed by atoms with Gasteiger partial charge >= 0.3 is 21.1 Å². The summed E-state index contributed by atoms with van der Waals surface area (Å²) in [7, 11) is 0. The fourth-order valence-electron chi connectivity index (χ4n) is 6.78. The monoisotopic (exact) mass is 839 g/mol. The van der Waals surface area contributed by atoms with Gasteiger partial charge in [0, 0.05) is 34.5 Å². The van der Waals surface area contributed by atoms with E-state index in [2.05, 4.69) is 146 Å². The van der Waals surface area contributed by atoms with Crippen LogP contribution in [0.3, 0.4) is 0 Å². The molecule has 0 saturated carbocycles. The molecule has 0 amide bonds. The maximum absolute atomic E-state index is 6.66. The Kier molecular flexibility index (Phi) is 9.43. The molecule has 0 aliphatic carbocycles. The third-order valence-corrected chi connectivity index (χ3v) is 9.08. The smallest absolute Gasteiger partial charge is 0.509 e. The number of hydrogen-bond acceptors (Lipinski definition) is 3. The van der Waals surface area contributed by atoms with Gasteiger partial charge < -0.3 is 9.30 Å². The summed E-state index contributed by atoms with van der Waals surface area (Å²) in [5.74, 6) is 2.10. The van der Waals surface area contributed by atoms with E-state index in [4.69, 9.17) is 14.8 Å². The Labute approximate surface area is 310 Å². The quantitative estimate of drug-likeness (QED) is 0.157. The molecule has 50 heavy (non-hydrogen) atoms. The summed E-state index contributed by atoms with van der Waals surface area (Å²) in [6.45, 7) is 19.8. The molecule has 7 rings (SSSR count). The van der Waals surface area contributed by atoms with Crippen LogP contribution in [0.1, 0.15) is 69.6 Å². The Morgan fingerprint density at radius 2 is 1.52 bits per heavy atom. The Bertz CT molecular complexity index is 2340. The molecule has 0 bridgehead atoms. The van der Waals surface area contributed by atoms with E-state index in [1.165, 1.54) is 10.9 Å². The minimum absolute atomic E-state index is 0. The molecule has 0 spiro atoms. The second-order valence-corrected chi connectivity index (χ2v) is 15.5. The van der Waals surface area contributed by atoms with E-state index in [1.807, 2.05) is 29.1 Å². The Morgan fingerprint density at radius 3 is 2.22 bits per heavy atom.